The van der Waals surface area contributed by atoms with E-state index in [0.29, 0.717) is 16.7 Å². The van der Waals surface area contributed by atoms with E-state index < -0.39 is 23.8 Å². The topological polar surface area (TPSA) is 69.6 Å². The SMILES string of the molecule is CC(=O)CN[C@H]1C2CC(C2)N(C(=O)[C@@H](C)O)[C@H]1Cc1cccc(-c2cccc(F)c2)c1F. The molecule has 2 heterocycles. The van der Waals surface area contributed by atoms with Crippen molar-refractivity contribution in [3.63, 3.8) is 0 Å². The number of nitrogens with one attached hydrogen (secondary N) is 1. The fourth-order valence-corrected chi connectivity index (χ4v) is 5.10. The number of aliphatic hydroxyl groups excluding tert-OH is 1. The predicted molar refractivity (Wildman–Crippen MR) is 117 cm³/mol. The van der Waals surface area contributed by atoms with Gasteiger partial charge in [-0.2, -0.15) is 0 Å². The highest BCUT2D eigenvalue weighted by atomic mass is 19.1. The molecule has 1 saturated carbocycles. The molecule has 1 aliphatic carbocycles. The van der Waals surface area contributed by atoms with Crippen molar-refractivity contribution in [2.75, 3.05) is 6.54 Å². The average Bonchev–Trinajstić information content (AvgIpc) is 2.72. The highest BCUT2D eigenvalue weighted by Crippen LogP contribution is 2.44. The summed E-state index contributed by atoms with van der Waals surface area (Å²) in [6.07, 6.45) is 0.675. The lowest BCUT2D eigenvalue weighted by Gasteiger charge is -2.58. The minimum Gasteiger partial charge on any atom is -0.384 e. The van der Waals surface area contributed by atoms with Crippen molar-refractivity contribution >= 4 is 11.7 Å². The highest BCUT2D eigenvalue weighted by Gasteiger charge is 2.52. The molecule has 2 aromatic carbocycles. The van der Waals surface area contributed by atoms with Crippen LogP contribution in [0.15, 0.2) is 42.5 Å². The largest absolute Gasteiger partial charge is 0.384 e. The Morgan fingerprint density at radius 2 is 1.91 bits per heavy atom. The number of fused-ring (bicyclic) bond motifs is 2. The Balaban J connectivity index is 1.68. The van der Waals surface area contributed by atoms with Crippen molar-refractivity contribution in [2.45, 2.75) is 57.3 Å². The fraction of sp³-hybridized carbons (Fsp3) is 0.440. The second-order valence-corrected chi connectivity index (χ2v) is 8.98. The summed E-state index contributed by atoms with van der Waals surface area (Å²) in [5, 5.41) is 13.3. The van der Waals surface area contributed by atoms with E-state index >= 15 is 4.39 Å². The monoisotopic (exact) mass is 442 g/mol. The zero-order chi connectivity index (χ0) is 23.0. The summed E-state index contributed by atoms with van der Waals surface area (Å²) < 4.78 is 29.2. The zero-order valence-corrected chi connectivity index (χ0v) is 18.2. The molecular weight excluding hydrogens is 414 g/mol. The van der Waals surface area contributed by atoms with Gasteiger partial charge in [-0.15, -0.1) is 0 Å². The number of carbonyl (C=O) groups excluding carboxylic acids is 2. The molecule has 5 rings (SSSR count). The molecule has 1 amide bonds. The summed E-state index contributed by atoms with van der Waals surface area (Å²) in [5.74, 6) is -1.00. The van der Waals surface area contributed by atoms with Gasteiger partial charge >= 0.3 is 0 Å². The number of benzene rings is 2. The molecule has 2 aliphatic heterocycles. The van der Waals surface area contributed by atoms with Gasteiger partial charge < -0.3 is 15.3 Å². The van der Waals surface area contributed by atoms with Crippen LogP contribution in [-0.2, 0) is 16.0 Å². The van der Waals surface area contributed by atoms with Gasteiger partial charge in [-0.3, -0.25) is 9.59 Å². The number of carbonyl (C=O) groups is 2. The van der Waals surface area contributed by atoms with Gasteiger partial charge in [0.25, 0.3) is 5.91 Å². The lowest BCUT2D eigenvalue weighted by Crippen LogP contribution is -2.71. The van der Waals surface area contributed by atoms with Crippen LogP contribution in [0.3, 0.4) is 0 Å². The zero-order valence-electron chi connectivity index (χ0n) is 18.2. The van der Waals surface area contributed by atoms with Gasteiger partial charge in [-0.1, -0.05) is 30.3 Å². The standard InChI is InChI=1S/C25H28F2N2O3/c1-14(30)13-28-24-18-10-20(11-18)29(25(32)15(2)31)22(24)12-17-6-4-8-21(23(17)27)16-5-3-7-19(26)9-16/h3-9,15,18,20,22,24,28,31H,10-13H2,1-2H3/t15-,18?,20?,22+,24+/m1/s1. The number of aliphatic hydroxyl groups is 1. The summed E-state index contributed by atoms with van der Waals surface area (Å²) in [4.78, 5) is 26.2. The third kappa shape index (κ3) is 4.32. The van der Waals surface area contributed by atoms with Crippen molar-refractivity contribution in [2.24, 2.45) is 5.92 Å². The first kappa shape index (κ1) is 22.6. The first-order valence-electron chi connectivity index (χ1n) is 11.0. The maximum Gasteiger partial charge on any atom is 0.251 e. The van der Waals surface area contributed by atoms with E-state index in [1.54, 1.807) is 29.2 Å². The summed E-state index contributed by atoms with van der Waals surface area (Å²) in [5.41, 5.74) is 1.15. The fourth-order valence-electron chi connectivity index (χ4n) is 5.10. The van der Waals surface area contributed by atoms with Crippen LogP contribution in [0.25, 0.3) is 11.1 Å². The number of rotatable bonds is 7. The van der Waals surface area contributed by atoms with Gasteiger partial charge in [0.2, 0.25) is 0 Å². The van der Waals surface area contributed by atoms with Crippen molar-refractivity contribution in [1.29, 1.82) is 0 Å². The molecule has 0 spiro atoms. The number of Topliss-reactive ketones (excluding diaryl/α,β-unsaturated/α-hetero) is 1. The maximum atomic E-state index is 15.5. The van der Waals surface area contributed by atoms with E-state index in [-0.39, 0.29) is 42.7 Å². The van der Waals surface area contributed by atoms with Crippen LogP contribution < -0.4 is 5.32 Å². The minimum atomic E-state index is -1.16. The molecular formula is C25H28F2N2O3. The van der Waals surface area contributed by atoms with Crippen molar-refractivity contribution in [3.05, 3.63) is 59.7 Å². The third-order valence-electron chi connectivity index (χ3n) is 6.66. The Labute approximate surface area is 186 Å². The van der Waals surface area contributed by atoms with Crippen molar-refractivity contribution in [3.8, 4) is 11.1 Å². The number of halogens is 2. The van der Waals surface area contributed by atoms with Crippen molar-refractivity contribution < 1.29 is 23.5 Å². The third-order valence-corrected chi connectivity index (χ3v) is 6.66. The van der Waals surface area contributed by atoms with Gasteiger partial charge in [0.15, 0.2) is 0 Å². The van der Waals surface area contributed by atoms with Gasteiger partial charge in [-0.25, -0.2) is 8.78 Å². The van der Waals surface area contributed by atoms with Crippen LogP contribution in [0.1, 0.15) is 32.3 Å². The molecule has 170 valence electrons. The van der Waals surface area contributed by atoms with Crippen molar-refractivity contribution in [1.82, 2.24) is 10.2 Å². The first-order valence-corrected chi connectivity index (χ1v) is 11.0. The molecule has 2 saturated heterocycles. The quantitative estimate of drug-likeness (QED) is 0.692. The molecule has 2 bridgehead atoms. The second kappa shape index (κ2) is 9.08. The van der Waals surface area contributed by atoms with Gasteiger partial charge in [0.1, 0.15) is 23.5 Å². The van der Waals surface area contributed by atoms with E-state index in [4.69, 9.17) is 0 Å². The van der Waals surface area contributed by atoms with Crippen LogP contribution in [0, 0.1) is 17.6 Å². The Morgan fingerprint density at radius 1 is 1.19 bits per heavy atom. The number of hydrogen-bond acceptors (Lipinski definition) is 4. The Hall–Kier alpha value is -2.64. The number of ketones is 1. The molecule has 3 atom stereocenters. The number of amides is 1. The molecule has 5 nitrogen and oxygen atoms in total. The average molecular weight is 443 g/mol. The van der Waals surface area contributed by atoms with Gasteiger partial charge in [0, 0.05) is 17.6 Å². The highest BCUT2D eigenvalue weighted by molar-refractivity contribution is 5.81. The molecule has 2 aromatic rings. The van der Waals surface area contributed by atoms with Crippen LogP contribution in [0.2, 0.25) is 0 Å². The van der Waals surface area contributed by atoms with E-state index in [9.17, 15) is 19.1 Å². The van der Waals surface area contributed by atoms with E-state index in [1.807, 2.05) is 0 Å². The van der Waals surface area contributed by atoms with E-state index in [2.05, 4.69) is 5.32 Å². The van der Waals surface area contributed by atoms with Crippen LogP contribution in [0.5, 0.6) is 0 Å². The summed E-state index contributed by atoms with van der Waals surface area (Å²) >= 11 is 0. The first-order chi connectivity index (χ1) is 15.3. The van der Waals surface area contributed by atoms with E-state index in [1.165, 1.54) is 32.0 Å². The molecule has 3 fully saturated rings. The van der Waals surface area contributed by atoms with E-state index in [0.717, 1.165) is 12.8 Å². The normalized spacial score (nSPS) is 25.2. The molecule has 32 heavy (non-hydrogen) atoms. The lowest BCUT2D eigenvalue weighted by atomic mass is 9.66. The Kier molecular flexibility index (Phi) is 6.40. The lowest BCUT2D eigenvalue weighted by molar-refractivity contribution is -0.158. The second-order valence-electron chi connectivity index (χ2n) is 8.98. The number of piperidine rings is 2. The van der Waals surface area contributed by atoms with Crippen LogP contribution in [-0.4, -0.2) is 52.5 Å². The predicted octanol–water partition coefficient (Wildman–Crippen LogP) is 3.09. The van der Waals surface area contributed by atoms with Gasteiger partial charge in [0.05, 0.1) is 12.6 Å². The summed E-state index contributed by atoms with van der Waals surface area (Å²) in [6.45, 7) is 3.10. The number of hydrogen-bond donors (Lipinski definition) is 2. The summed E-state index contributed by atoms with van der Waals surface area (Å²) in [7, 11) is 0. The van der Waals surface area contributed by atoms with Crippen LogP contribution in [0.4, 0.5) is 8.78 Å². The molecule has 0 radical (unpaired) electrons. The summed E-state index contributed by atoms with van der Waals surface area (Å²) in [6, 6.07) is 10.2. The Bertz CT molecular complexity index is 1020. The molecule has 0 aromatic heterocycles. The van der Waals surface area contributed by atoms with Crippen LogP contribution >= 0.6 is 0 Å². The minimum absolute atomic E-state index is 0.0111. The molecule has 7 heteroatoms. The maximum absolute atomic E-state index is 15.5. The molecule has 2 N–H and O–H groups in total. The number of nitrogens with zero attached hydrogens (tertiary/aromatic N) is 1. The van der Waals surface area contributed by atoms with Gasteiger partial charge in [-0.05, 0) is 62.3 Å². The molecule has 3 aliphatic rings. The smallest absolute Gasteiger partial charge is 0.251 e. The Morgan fingerprint density at radius 3 is 2.56 bits per heavy atom. The molecule has 0 unspecified atom stereocenters.